The van der Waals surface area contributed by atoms with Gasteiger partial charge in [0.25, 0.3) is 0 Å². The molecule has 1 rings (SSSR count). The predicted molar refractivity (Wildman–Crippen MR) is 60.7 cm³/mol. The molecule has 0 aromatic rings. The second-order valence-electron chi connectivity index (χ2n) is 4.73. The first kappa shape index (κ1) is 17.1. The second kappa shape index (κ2) is 5.83. The molecule has 1 aliphatic rings. The first-order valence-corrected chi connectivity index (χ1v) is 6.47. The molecule has 0 aliphatic heterocycles. The van der Waals surface area contributed by atoms with Gasteiger partial charge >= 0.3 is 18.0 Å². The summed E-state index contributed by atoms with van der Waals surface area (Å²) in [7, 11) is 0. The number of Topliss-reactive ketones (excluding diaryl/α,β-unsaturated/α-hetero) is 1. The summed E-state index contributed by atoms with van der Waals surface area (Å²) in [6, 6.07) is 0. The Labute approximate surface area is 116 Å². The van der Waals surface area contributed by atoms with Crippen LogP contribution in [0.1, 0.15) is 32.1 Å². The molecule has 3 nitrogen and oxygen atoms in total. The quantitative estimate of drug-likeness (QED) is 0.639. The maximum Gasteiger partial charge on any atom is 0.463 e. The Morgan fingerprint density at radius 3 is 1.95 bits per heavy atom. The lowest BCUT2D eigenvalue weighted by atomic mass is 9.78. The van der Waals surface area contributed by atoms with Gasteiger partial charge in [-0.3, -0.25) is 9.59 Å². The molecule has 0 bridgehead atoms. The van der Waals surface area contributed by atoms with Crippen molar-refractivity contribution in [3.05, 3.63) is 0 Å². The summed E-state index contributed by atoms with van der Waals surface area (Å²) in [4.78, 5) is 23.0. The van der Waals surface area contributed by atoms with Crippen LogP contribution in [0.5, 0.6) is 0 Å². The molecule has 0 unspecified atom stereocenters. The van der Waals surface area contributed by atoms with Crippen LogP contribution in [0.2, 0.25) is 0 Å². The van der Waals surface area contributed by atoms with Gasteiger partial charge in [-0.05, 0) is 12.8 Å². The molecule has 0 spiro atoms. The van der Waals surface area contributed by atoms with Gasteiger partial charge in [-0.15, -0.1) is 11.6 Å². The fourth-order valence-electron chi connectivity index (χ4n) is 2.18. The number of hydrogen-bond acceptors (Lipinski definition) is 2. The van der Waals surface area contributed by atoms with Gasteiger partial charge in [-0.1, -0.05) is 19.3 Å². The van der Waals surface area contributed by atoms with E-state index in [1.807, 2.05) is 0 Å². The number of carbonyl (C=O) groups excluding carboxylic acids is 2. The lowest BCUT2D eigenvalue weighted by molar-refractivity contribution is -0.270. The molecule has 0 saturated heterocycles. The Balaban J connectivity index is 2.96. The summed E-state index contributed by atoms with van der Waals surface area (Å²) in [6.45, 7) is 0. The van der Waals surface area contributed by atoms with E-state index in [2.05, 4.69) is 0 Å². The zero-order valence-electron chi connectivity index (χ0n) is 10.3. The number of carbonyl (C=O) groups is 2. The van der Waals surface area contributed by atoms with Crippen LogP contribution in [0.4, 0.5) is 22.0 Å². The molecule has 0 heterocycles. The number of amides is 1. The highest BCUT2D eigenvalue weighted by atomic mass is 35.5. The van der Waals surface area contributed by atoms with Gasteiger partial charge in [0.05, 0.1) is 11.4 Å². The number of ketones is 1. The van der Waals surface area contributed by atoms with E-state index < -0.39 is 35.2 Å². The van der Waals surface area contributed by atoms with E-state index in [-0.39, 0.29) is 12.8 Å². The average Bonchev–Trinajstić information content (AvgIpc) is 2.37. The first-order valence-electron chi connectivity index (χ1n) is 5.93. The van der Waals surface area contributed by atoms with E-state index in [4.69, 9.17) is 11.6 Å². The van der Waals surface area contributed by atoms with Crippen LogP contribution < -0.4 is 5.32 Å². The van der Waals surface area contributed by atoms with Gasteiger partial charge in [0.15, 0.2) is 5.78 Å². The Morgan fingerprint density at radius 1 is 1.05 bits per heavy atom. The van der Waals surface area contributed by atoms with Crippen LogP contribution in [0.15, 0.2) is 0 Å². The van der Waals surface area contributed by atoms with Crippen molar-refractivity contribution in [3.8, 4) is 0 Å². The summed E-state index contributed by atoms with van der Waals surface area (Å²) in [5.74, 6) is -9.35. The van der Waals surface area contributed by atoms with Crippen LogP contribution in [0.25, 0.3) is 0 Å². The molecule has 1 fully saturated rings. The van der Waals surface area contributed by atoms with Crippen molar-refractivity contribution < 1.29 is 31.5 Å². The van der Waals surface area contributed by atoms with E-state index in [1.54, 1.807) is 5.32 Å². The third kappa shape index (κ3) is 3.21. The van der Waals surface area contributed by atoms with Crippen LogP contribution in [-0.2, 0) is 9.59 Å². The van der Waals surface area contributed by atoms with Crippen molar-refractivity contribution in [2.24, 2.45) is 0 Å². The third-order valence-electron chi connectivity index (χ3n) is 3.36. The number of halogens is 6. The van der Waals surface area contributed by atoms with Gasteiger partial charge in [0, 0.05) is 0 Å². The normalized spacial score (nSPS) is 19.5. The molecule has 1 aliphatic carbocycles. The van der Waals surface area contributed by atoms with Gasteiger partial charge in [0.2, 0.25) is 0 Å². The molecule has 1 saturated carbocycles. The van der Waals surface area contributed by atoms with E-state index >= 15 is 0 Å². The van der Waals surface area contributed by atoms with Crippen LogP contribution in [-0.4, -0.2) is 35.2 Å². The van der Waals surface area contributed by atoms with Crippen molar-refractivity contribution in [2.45, 2.75) is 49.7 Å². The van der Waals surface area contributed by atoms with Crippen molar-refractivity contribution in [3.63, 3.8) is 0 Å². The lowest BCUT2D eigenvalue weighted by Gasteiger charge is -2.37. The number of alkyl halides is 6. The van der Waals surface area contributed by atoms with Gasteiger partial charge in [-0.25, -0.2) is 0 Å². The lowest BCUT2D eigenvalue weighted by Crippen LogP contribution is -2.62. The molecule has 20 heavy (non-hydrogen) atoms. The molecular weight excluding hydrogens is 309 g/mol. The van der Waals surface area contributed by atoms with Crippen molar-refractivity contribution in [2.75, 3.05) is 5.88 Å². The Morgan fingerprint density at radius 2 is 1.55 bits per heavy atom. The number of rotatable bonds is 4. The minimum atomic E-state index is -6.00. The molecule has 0 aromatic carbocycles. The van der Waals surface area contributed by atoms with E-state index in [0.717, 1.165) is 0 Å². The first-order chi connectivity index (χ1) is 9.07. The fourth-order valence-corrected chi connectivity index (χ4v) is 2.44. The minimum absolute atomic E-state index is 0.0121. The summed E-state index contributed by atoms with van der Waals surface area (Å²) in [5.41, 5.74) is -1.72. The molecule has 0 radical (unpaired) electrons. The highest BCUT2D eigenvalue weighted by molar-refractivity contribution is 6.29. The van der Waals surface area contributed by atoms with Gasteiger partial charge in [-0.2, -0.15) is 22.0 Å². The van der Waals surface area contributed by atoms with Crippen LogP contribution in [0.3, 0.4) is 0 Å². The van der Waals surface area contributed by atoms with Crippen LogP contribution in [0, 0.1) is 0 Å². The van der Waals surface area contributed by atoms with Crippen LogP contribution >= 0.6 is 11.6 Å². The monoisotopic (exact) mass is 321 g/mol. The number of hydrogen-bond donors (Lipinski definition) is 1. The Bertz CT molecular complexity index is 391. The Kier molecular flexibility index (Phi) is 4.99. The third-order valence-corrected chi connectivity index (χ3v) is 3.60. The molecule has 0 aromatic heterocycles. The molecule has 1 N–H and O–H groups in total. The summed E-state index contributed by atoms with van der Waals surface area (Å²) < 4.78 is 62.2. The molecule has 0 atom stereocenters. The zero-order chi connectivity index (χ0) is 15.6. The fraction of sp³-hybridized carbons (Fsp3) is 0.818. The van der Waals surface area contributed by atoms with Gasteiger partial charge in [0.1, 0.15) is 0 Å². The summed E-state index contributed by atoms with van der Waals surface area (Å²) in [6.07, 6.45) is -4.38. The molecule has 116 valence electrons. The largest absolute Gasteiger partial charge is 0.463 e. The van der Waals surface area contributed by atoms with E-state index in [0.29, 0.717) is 19.3 Å². The second-order valence-corrected chi connectivity index (χ2v) is 4.99. The topological polar surface area (TPSA) is 46.2 Å². The molecule has 9 heteroatoms. The standard InChI is InChI=1S/C11H13ClF5NO2/c12-6-7(19)9(4-2-1-3-5-9)18-8(20)10(13,14)11(15,16)17/h1-6H2,(H,18,20). The molecule has 1 amide bonds. The van der Waals surface area contributed by atoms with E-state index in [1.165, 1.54) is 0 Å². The number of nitrogens with one attached hydrogen (secondary N) is 1. The predicted octanol–water partition coefficient (Wildman–Crippen LogP) is 2.81. The molecular formula is C11H13ClF5NO2. The Hall–Kier alpha value is -0.920. The average molecular weight is 322 g/mol. The van der Waals surface area contributed by atoms with Gasteiger partial charge < -0.3 is 5.32 Å². The zero-order valence-corrected chi connectivity index (χ0v) is 11.1. The van der Waals surface area contributed by atoms with E-state index in [9.17, 15) is 31.5 Å². The van der Waals surface area contributed by atoms with Crippen molar-refractivity contribution in [1.82, 2.24) is 5.32 Å². The minimum Gasteiger partial charge on any atom is -0.338 e. The SMILES string of the molecule is O=C(CCl)C1(NC(=O)C(F)(F)C(F)(F)F)CCCCC1. The van der Waals surface area contributed by atoms with Crippen molar-refractivity contribution in [1.29, 1.82) is 0 Å². The summed E-state index contributed by atoms with van der Waals surface area (Å²) >= 11 is 5.35. The maximum absolute atomic E-state index is 12.9. The highest BCUT2D eigenvalue weighted by Gasteiger charge is 2.64. The highest BCUT2D eigenvalue weighted by Crippen LogP contribution is 2.37. The summed E-state index contributed by atoms with van der Waals surface area (Å²) in [5, 5.41) is 1.59. The smallest absolute Gasteiger partial charge is 0.338 e. The maximum atomic E-state index is 12.9. The van der Waals surface area contributed by atoms with Crippen molar-refractivity contribution >= 4 is 23.3 Å².